The normalized spacial score (nSPS) is 11.2. The van der Waals surface area contributed by atoms with Crippen molar-refractivity contribution in [1.82, 2.24) is 0 Å². The summed E-state index contributed by atoms with van der Waals surface area (Å²) in [5.41, 5.74) is 3.26. The molecule has 0 fully saturated rings. The van der Waals surface area contributed by atoms with Crippen LogP contribution in [0.1, 0.15) is 147 Å². The molecule has 0 N–H and O–H groups in total. The van der Waals surface area contributed by atoms with Crippen molar-refractivity contribution in [3.8, 4) is 0 Å². The number of unbranched alkanes of at least 4 members (excludes halogenated alkanes) is 17. The largest absolute Gasteiger partial charge is 0.0654 e. The second-order valence-corrected chi connectivity index (χ2v) is 9.28. The Hall–Kier alpha value is -0.780. The highest BCUT2D eigenvalue weighted by atomic mass is 14.1. The maximum Gasteiger partial charge on any atom is -0.0276 e. The van der Waals surface area contributed by atoms with E-state index < -0.39 is 0 Å². The van der Waals surface area contributed by atoms with Gasteiger partial charge < -0.3 is 0 Å². The zero-order valence-electron chi connectivity index (χ0n) is 20.2. The molecule has 0 aliphatic heterocycles. The van der Waals surface area contributed by atoms with E-state index in [2.05, 4.69) is 38.1 Å². The molecule has 0 saturated carbocycles. The molecule has 0 saturated heterocycles. The lowest BCUT2D eigenvalue weighted by molar-refractivity contribution is 0.555. The van der Waals surface area contributed by atoms with Gasteiger partial charge in [-0.05, 0) is 36.8 Å². The minimum absolute atomic E-state index is 1.30. The molecule has 1 aromatic rings. The second kappa shape index (κ2) is 20.5. The van der Waals surface area contributed by atoms with Gasteiger partial charge in [-0.25, -0.2) is 0 Å². The van der Waals surface area contributed by atoms with Gasteiger partial charge in [0.2, 0.25) is 0 Å². The molecule has 0 spiro atoms. The summed E-state index contributed by atoms with van der Waals surface area (Å²) in [4.78, 5) is 0. The third-order valence-corrected chi connectivity index (χ3v) is 6.47. The van der Waals surface area contributed by atoms with Crippen LogP contribution in [-0.2, 0) is 12.8 Å². The summed E-state index contributed by atoms with van der Waals surface area (Å²) < 4.78 is 0. The molecule has 1 rings (SSSR count). The van der Waals surface area contributed by atoms with Gasteiger partial charge in [-0.15, -0.1) is 0 Å². The molecule has 0 aliphatic rings. The molecule has 0 aliphatic carbocycles. The molecule has 0 heterocycles. The molecule has 0 nitrogen and oxygen atoms in total. The van der Waals surface area contributed by atoms with Crippen LogP contribution in [0.5, 0.6) is 0 Å². The minimum atomic E-state index is 1.30. The standard InChI is InChI=1S/C29H52/c1-3-5-7-9-11-13-15-17-19-21-25-29-27-23-22-26-28(29)24-20-18-16-14-12-10-8-6-4-2/h22-23,26-27H,3-21,24-25H2,1-2H3. The molecule has 0 unspecified atom stereocenters. The molecule has 1 aromatic carbocycles. The van der Waals surface area contributed by atoms with E-state index in [0.717, 1.165) is 0 Å². The van der Waals surface area contributed by atoms with Crippen LogP contribution >= 0.6 is 0 Å². The van der Waals surface area contributed by atoms with Gasteiger partial charge in [0.05, 0.1) is 0 Å². The van der Waals surface area contributed by atoms with E-state index in [-0.39, 0.29) is 0 Å². The fraction of sp³-hybridized carbons (Fsp3) is 0.793. The summed E-state index contributed by atoms with van der Waals surface area (Å²) in [6.45, 7) is 4.60. The third-order valence-electron chi connectivity index (χ3n) is 6.47. The van der Waals surface area contributed by atoms with Crippen molar-refractivity contribution in [2.24, 2.45) is 0 Å². The first-order chi connectivity index (χ1) is 14.4. The van der Waals surface area contributed by atoms with E-state index in [0.29, 0.717) is 0 Å². The van der Waals surface area contributed by atoms with Crippen molar-refractivity contribution in [3.63, 3.8) is 0 Å². The third kappa shape index (κ3) is 15.7. The number of hydrogen-bond acceptors (Lipinski definition) is 0. The number of hydrogen-bond donors (Lipinski definition) is 0. The van der Waals surface area contributed by atoms with Crippen LogP contribution < -0.4 is 0 Å². The average molecular weight is 401 g/mol. The van der Waals surface area contributed by atoms with Gasteiger partial charge in [-0.2, -0.15) is 0 Å². The monoisotopic (exact) mass is 400 g/mol. The van der Waals surface area contributed by atoms with Crippen molar-refractivity contribution >= 4 is 0 Å². The first-order valence-electron chi connectivity index (χ1n) is 13.4. The maximum absolute atomic E-state index is 2.39. The SMILES string of the molecule is CCCCCCCCCCCCc1ccccc1CCCCCCCCCCC. The molecule has 0 amide bonds. The lowest BCUT2D eigenvalue weighted by Crippen LogP contribution is -1.95. The Kier molecular flexibility index (Phi) is 18.6. The second-order valence-electron chi connectivity index (χ2n) is 9.28. The molecular formula is C29H52. The smallest absolute Gasteiger partial charge is 0.0276 e. The van der Waals surface area contributed by atoms with Crippen LogP contribution in [0.15, 0.2) is 24.3 Å². The van der Waals surface area contributed by atoms with E-state index in [1.165, 1.54) is 135 Å². The Morgan fingerprint density at radius 2 is 0.655 bits per heavy atom. The molecule has 168 valence electrons. The zero-order chi connectivity index (χ0) is 20.8. The van der Waals surface area contributed by atoms with Crippen LogP contribution in [0.2, 0.25) is 0 Å². The van der Waals surface area contributed by atoms with E-state index in [1.54, 1.807) is 11.1 Å². The maximum atomic E-state index is 2.39. The van der Waals surface area contributed by atoms with E-state index in [1.807, 2.05) is 0 Å². The molecule has 0 heteroatoms. The Balaban J connectivity index is 2.04. The first-order valence-corrected chi connectivity index (χ1v) is 13.4. The average Bonchev–Trinajstić information content (AvgIpc) is 2.74. The predicted molar refractivity (Wildman–Crippen MR) is 133 cm³/mol. The van der Waals surface area contributed by atoms with Gasteiger partial charge in [0.25, 0.3) is 0 Å². The molecule has 0 atom stereocenters. The summed E-state index contributed by atoms with van der Waals surface area (Å²) in [7, 11) is 0. The summed E-state index contributed by atoms with van der Waals surface area (Å²) in [5.74, 6) is 0. The highest BCUT2D eigenvalue weighted by molar-refractivity contribution is 5.27. The van der Waals surface area contributed by atoms with E-state index >= 15 is 0 Å². The van der Waals surface area contributed by atoms with Crippen LogP contribution in [0.4, 0.5) is 0 Å². The minimum Gasteiger partial charge on any atom is -0.0654 e. The van der Waals surface area contributed by atoms with Gasteiger partial charge in [-0.1, -0.05) is 147 Å². The van der Waals surface area contributed by atoms with Gasteiger partial charge >= 0.3 is 0 Å². The molecule has 29 heavy (non-hydrogen) atoms. The quantitative estimate of drug-likeness (QED) is 0.180. The van der Waals surface area contributed by atoms with Crippen LogP contribution in [0.3, 0.4) is 0 Å². The molecule has 0 aromatic heterocycles. The van der Waals surface area contributed by atoms with Crippen molar-refractivity contribution < 1.29 is 0 Å². The highest BCUT2D eigenvalue weighted by Gasteiger charge is 2.02. The molecule has 0 bridgehead atoms. The van der Waals surface area contributed by atoms with E-state index in [4.69, 9.17) is 0 Å². The van der Waals surface area contributed by atoms with Crippen molar-refractivity contribution in [2.45, 2.75) is 149 Å². The van der Waals surface area contributed by atoms with Crippen LogP contribution in [0.25, 0.3) is 0 Å². The number of aryl methyl sites for hydroxylation is 2. The van der Waals surface area contributed by atoms with Crippen molar-refractivity contribution in [2.75, 3.05) is 0 Å². The zero-order valence-corrected chi connectivity index (χ0v) is 20.2. The Morgan fingerprint density at radius 3 is 0.966 bits per heavy atom. The number of rotatable bonds is 21. The highest BCUT2D eigenvalue weighted by Crippen LogP contribution is 2.18. The van der Waals surface area contributed by atoms with Crippen LogP contribution in [-0.4, -0.2) is 0 Å². The van der Waals surface area contributed by atoms with Crippen LogP contribution in [0, 0.1) is 0 Å². The van der Waals surface area contributed by atoms with Gasteiger partial charge in [0.15, 0.2) is 0 Å². The molecular weight excluding hydrogens is 348 g/mol. The lowest BCUT2D eigenvalue weighted by atomic mass is 9.96. The Morgan fingerprint density at radius 1 is 0.379 bits per heavy atom. The Labute approximate surface area is 184 Å². The summed E-state index contributed by atoms with van der Waals surface area (Å²) in [5, 5.41) is 0. The van der Waals surface area contributed by atoms with E-state index in [9.17, 15) is 0 Å². The lowest BCUT2D eigenvalue weighted by Gasteiger charge is -2.10. The summed E-state index contributed by atoms with van der Waals surface area (Å²) in [6.07, 6.45) is 29.7. The first kappa shape index (κ1) is 26.3. The predicted octanol–water partition coefficient (Wildman–Crippen LogP) is 10.2. The van der Waals surface area contributed by atoms with Crippen molar-refractivity contribution in [1.29, 1.82) is 0 Å². The topological polar surface area (TPSA) is 0 Å². The fourth-order valence-corrected chi connectivity index (χ4v) is 4.47. The van der Waals surface area contributed by atoms with Gasteiger partial charge in [0, 0.05) is 0 Å². The number of benzene rings is 1. The van der Waals surface area contributed by atoms with Gasteiger partial charge in [0.1, 0.15) is 0 Å². The molecule has 0 radical (unpaired) electrons. The van der Waals surface area contributed by atoms with Gasteiger partial charge in [-0.3, -0.25) is 0 Å². The summed E-state index contributed by atoms with van der Waals surface area (Å²) >= 11 is 0. The fourth-order valence-electron chi connectivity index (χ4n) is 4.47. The summed E-state index contributed by atoms with van der Waals surface area (Å²) in [6, 6.07) is 9.25. The van der Waals surface area contributed by atoms with Crippen molar-refractivity contribution in [3.05, 3.63) is 35.4 Å². The Bertz CT molecular complexity index is 447.